The van der Waals surface area contributed by atoms with Crippen LogP contribution >= 0.6 is 0 Å². The summed E-state index contributed by atoms with van der Waals surface area (Å²) < 4.78 is 0. The van der Waals surface area contributed by atoms with Crippen LogP contribution in [0.2, 0.25) is 0 Å². The van der Waals surface area contributed by atoms with Crippen LogP contribution in [0.15, 0.2) is 55.0 Å². The number of nitrogens with zero attached hydrogens (tertiary/aromatic N) is 2. The Kier molecular flexibility index (Phi) is 2.65. The fraction of sp³-hybridized carbons (Fsp3) is 0.0667. The van der Waals surface area contributed by atoms with Crippen molar-refractivity contribution < 1.29 is 0 Å². The van der Waals surface area contributed by atoms with E-state index in [0.717, 1.165) is 22.3 Å². The number of hydrogen-bond donors (Lipinski definition) is 1. The molecule has 3 rings (SSSR count). The Labute approximate surface area is 106 Å². The van der Waals surface area contributed by atoms with E-state index in [1.165, 1.54) is 5.39 Å². The van der Waals surface area contributed by atoms with Gasteiger partial charge in [0, 0.05) is 36.6 Å². The molecule has 0 radical (unpaired) electrons. The first kappa shape index (κ1) is 10.7. The fourth-order valence-electron chi connectivity index (χ4n) is 2.08. The molecule has 0 aliphatic carbocycles. The van der Waals surface area contributed by atoms with Crippen LogP contribution in [0.4, 0.5) is 5.82 Å². The molecule has 0 fully saturated rings. The number of rotatable bonds is 2. The number of pyridine rings is 2. The van der Waals surface area contributed by atoms with Crippen molar-refractivity contribution in [2.24, 2.45) is 0 Å². The molecule has 0 spiro atoms. The Balaban J connectivity index is 2.24. The summed E-state index contributed by atoms with van der Waals surface area (Å²) in [6, 6.07) is 12.3. The lowest BCUT2D eigenvalue weighted by atomic mass is 10.0. The van der Waals surface area contributed by atoms with Gasteiger partial charge in [0.1, 0.15) is 5.82 Å². The first-order valence-electron chi connectivity index (χ1n) is 5.85. The van der Waals surface area contributed by atoms with E-state index >= 15 is 0 Å². The maximum absolute atomic E-state index is 4.30. The lowest BCUT2D eigenvalue weighted by Gasteiger charge is -2.07. The number of anilines is 1. The van der Waals surface area contributed by atoms with E-state index in [1.54, 1.807) is 0 Å². The summed E-state index contributed by atoms with van der Waals surface area (Å²) in [5, 5.41) is 5.41. The molecule has 88 valence electrons. The maximum atomic E-state index is 4.30. The third-order valence-corrected chi connectivity index (χ3v) is 3.00. The minimum Gasteiger partial charge on any atom is -0.373 e. The molecule has 0 atom stereocenters. The molecule has 0 aliphatic heterocycles. The molecular weight excluding hydrogens is 222 g/mol. The second-order valence-electron chi connectivity index (χ2n) is 4.09. The molecule has 0 saturated heterocycles. The summed E-state index contributed by atoms with van der Waals surface area (Å²) in [5.41, 5.74) is 2.26. The molecule has 3 aromatic rings. The Morgan fingerprint density at radius 2 is 1.94 bits per heavy atom. The van der Waals surface area contributed by atoms with Crippen molar-refractivity contribution in [3.05, 3.63) is 55.0 Å². The minimum atomic E-state index is 0.862. The highest BCUT2D eigenvalue weighted by molar-refractivity contribution is 5.95. The third kappa shape index (κ3) is 1.80. The second kappa shape index (κ2) is 4.45. The van der Waals surface area contributed by atoms with E-state index in [4.69, 9.17) is 0 Å². The van der Waals surface area contributed by atoms with Crippen molar-refractivity contribution in [2.75, 3.05) is 12.4 Å². The summed E-state index contributed by atoms with van der Waals surface area (Å²) in [6.07, 6.45) is 5.60. The molecular formula is C15H13N3. The molecule has 1 aromatic carbocycles. The van der Waals surface area contributed by atoms with Gasteiger partial charge in [-0.25, -0.2) is 4.98 Å². The highest BCUT2D eigenvalue weighted by atomic mass is 14.9. The van der Waals surface area contributed by atoms with Crippen LogP contribution in [0, 0.1) is 0 Å². The van der Waals surface area contributed by atoms with E-state index in [-0.39, 0.29) is 0 Å². The molecule has 0 amide bonds. The Bertz CT molecular complexity index is 687. The zero-order valence-corrected chi connectivity index (χ0v) is 10.1. The number of fused-ring (bicyclic) bond motifs is 1. The van der Waals surface area contributed by atoms with E-state index in [2.05, 4.69) is 27.4 Å². The highest BCUT2D eigenvalue weighted by Gasteiger charge is 2.04. The van der Waals surface area contributed by atoms with Crippen molar-refractivity contribution in [1.29, 1.82) is 0 Å². The van der Waals surface area contributed by atoms with Gasteiger partial charge in [0.05, 0.1) is 0 Å². The molecule has 0 unspecified atom stereocenters. The van der Waals surface area contributed by atoms with E-state index in [9.17, 15) is 0 Å². The quantitative estimate of drug-likeness (QED) is 0.740. The molecule has 0 aliphatic rings. The predicted molar refractivity (Wildman–Crippen MR) is 74.5 cm³/mol. The van der Waals surface area contributed by atoms with Crippen LogP contribution in [0.5, 0.6) is 0 Å². The standard InChI is InChI=1S/C15H13N3/c1-16-15-8-11(6-7-18-15)14-10-17-9-12-4-2-3-5-13(12)14/h2-10H,1H3,(H,16,18). The van der Waals surface area contributed by atoms with Gasteiger partial charge in [-0.2, -0.15) is 0 Å². The molecule has 18 heavy (non-hydrogen) atoms. The SMILES string of the molecule is CNc1cc(-c2cncc3ccccc23)ccn1. The molecule has 0 bridgehead atoms. The lowest BCUT2D eigenvalue weighted by molar-refractivity contribution is 1.28. The monoisotopic (exact) mass is 235 g/mol. The van der Waals surface area contributed by atoms with Crippen LogP contribution in [-0.4, -0.2) is 17.0 Å². The van der Waals surface area contributed by atoms with Crippen molar-refractivity contribution >= 4 is 16.6 Å². The third-order valence-electron chi connectivity index (χ3n) is 3.00. The fourth-order valence-corrected chi connectivity index (χ4v) is 2.08. The molecule has 1 N–H and O–H groups in total. The summed E-state index contributed by atoms with van der Waals surface area (Å²) >= 11 is 0. The van der Waals surface area contributed by atoms with E-state index in [1.807, 2.05) is 49.9 Å². The molecule has 2 aromatic heterocycles. The van der Waals surface area contributed by atoms with Gasteiger partial charge in [-0.3, -0.25) is 4.98 Å². The first-order chi connectivity index (χ1) is 8.88. The van der Waals surface area contributed by atoms with Crippen LogP contribution in [-0.2, 0) is 0 Å². The topological polar surface area (TPSA) is 37.8 Å². The average Bonchev–Trinajstić information content (AvgIpc) is 2.47. The summed E-state index contributed by atoms with van der Waals surface area (Å²) in [6.45, 7) is 0. The van der Waals surface area contributed by atoms with Gasteiger partial charge in [0.2, 0.25) is 0 Å². The van der Waals surface area contributed by atoms with Gasteiger partial charge < -0.3 is 5.32 Å². The van der Waals surface area contributed by atoms with Gasteiger partial charge in [0.25, 0.3) is 0 Å². The molecule has 3 heteroatoms. The van der Waals surface area contributed by atoms with Crippen LogP contribution in [0.3, 0.4) is 0 Å². The summed E-state index contributed by atoms with van der Waals surface area (Å²) in [4.78, 5) is 8.54. The van der Waals surface area contributed by atoms with Crippen molar-refractivity contribution in [3.63, 3.8) is 0 Å². The molecule has 2 heterocycles. The number of aromatic nitrogens is 2. The van der Waals surface area contributed by atoms with E-state index < -0.39 is 0 Å². The van der Waals surface area contributed by atoms with Crippen molar-refractivity contribution in [2.45, 2.75) is 0 Å². The Morgan fingerprint density at radius 1 is 1.06 bits per heavy atom. The lowest BCUT2D eigenvalue weighted by Crippen LogP contribution is -1.92. The molecule has 3 nitrogen and oxygen atoms in total. The van der Waals surface area contributed by atoms with Gasteiger partial charge in [-0.05, 0) is 23.1 Å². The van der Waals surface area contributed by atoms with Crippen molar-refractivity contribution in [1.82, 2.24) is 9.97 Å². The van der Waals surface area contributed by atoms with Gasteiger partial charge in [-0.1, -0.05) is 24.3 Å². The number of nitrogens with one attached hydrogen (secondary N) is 1. The summed E-state index contributed by atoms with van der Waals surface area (Å²) in [7, 11) is 1.87. The second-order valence-corrected chi connectivity index (χ2v) is 4.09. The van der Waals surface area contributed by atoms with Gasteiger partial charge in [0.15, 0.2) is 0 Å². The molecule has 0 saturated carbocycles. The normalized spacial score (nSPS) is 10.5. The first-order valence-corrected chi connectivity index (χ1v) is 5.85. The summed E-state index contributed by atoms with van der Waals surface area (Å²) in [5.74, 6) is 0.862. The van der Waals surface area contributed by atoms with Gasteiger partial charge in [-0.15, -0.1) is 0 Å². The smallest absolute Gasteiger partial charge is 0.126 e. The van der Waals surface area contributed by atoms with Crippen LogP contribution in [0.1, 0.15) is 0 Å². The predicted octanol–water partition coefficient (Wildman–Crippen LogP) is 3.34. The van der Waals surface area contributed by atoms with Crippen molar-refractivity contribution in [3.8, 4) is 11.1 Å². The zero-order valence-electron chi connectivity index (χ0n) is 10.1. The Morgan fingerprint density at radius 3 is 2.83 bits per heavy atom. The highest BCUT2D eigenvalue weighted by Crippen LogP contribution is 2.28. The largest absolute Gasteiger partial charge is 0.373 e. The van der Waals surface area contributed by atoms with Crippen LogP contribution < -0.4 is 5.32 Å². The van der Waals surface area contributed by atoms with Gasteiger partial charge >= 0.3 is 0 Å². The van der Waals surface area contributed by atoms with Crippen LogP contribution in [0.25, 0.3) is 21.9 Å². The Hall–Kier alpha value is -2.42. The number of hydrogen-bond acceptors (Lipinski definition) is 3. The minimum absolute atomic E-state index is 0.862. The number of benzene rings is 1. The van der Waals surface area contributed by atoms with E-state index in [0.29, 0.717) is 0 Å². The maximum Gasteiger partial charge on any atom is 0.126 e. The zero-order chi connectivity index (χ0) is 12.4. The average molecular weight is 235 g/mol.